The van der Waals surface area contributed by atoms with Crippen molar-refractivity contribution < 1.29 is 0 Å². The number of hydrogen-bond donors (Lipinski definition) is 0. The third kappa shape index (κ3) is 5.18. The molecule has 1 aromatic heterocycles. The second-order valence-electron chi connectivity index (χ2n) is 16.9. The third-order valence-electron chi connectivity index (χ3n) is 12.9. The Hall–Kier alpha value is -6.90. The molecular formula is C56H42N2. The number of aromatic nitrogens is 2. The fourth-order valence-electron chi connectivity index (χ4n) is 9.90. The molecule has 2 aliphatic carbocycles. The predicted molar refractivity (Wildman–Crippen MR) is 242 cm³/mol. The highest BCUT2D eigenvalue weighted by atomic mass is 14.9. The molecule has 0 unspecified atom stereocenters. The van der Waals surface area contributed by atoms with Crippen LogP contribution in [-0.2, 0) is 10.8 Å². The highest BCUT2D eigenvalue weighted by molar-refractivity contribution is 5.99. The fourth-order valence-corrected chi connectivity index (χ4v) is 9.90. The predicted octanol–water partition coefficient (Wildman–Crippen LogP) is 14.6. The lowest BCUT2D eigenvalue weighted by molar-refractivity contribution is 0.660. The third-order valence-corrected chi connectivity index (χ3v) is 12.9. The van der Waals surface area contributed by atoms with Gasteiger partial charge in [-0.2, -0.15) is 0 Å². The molecule has 2 aliphatic rings. The minimum absolute atomic E-state index is 0.0542. The molecule has 0 radical (unpaired) electrons. The first-order chi connectivity index (χ1) is 28.3. The Morgan fingerprint density at radius 1 is 0.310 bits per heavy atom. The Morgan fingerprint density at radius 2 is 0.828 bits per heavy atom. The Labute approximate surface area is 340 Å². The van der Waals surface area contributed by atoms with E-state index >= 15 is 0 Å². The Kier molecular flexibility index (Phi) is 7.59. The van der Waals surface area contributed by atoms with Crippen LogP contribution in [0.15, 0.2) is 182 Å². The zero-order chi connectivity index (χ0) is 39.2. The Balaban J connectivity index is 1.04. The van der Waals surface area contributed by atoms with E-state index in [1.54, 1.807) is 0 Å². The van der Waals surface area contributed by atoms with Gasteiger partial charge in [-0.1, -0.05) is 191 Å². The number of nitrogens with zero attached hydrogens (tertiary/aromatic N) is 2. The van der Waals surface area contributed by atoms with Crippen LogP contribution in [0.4, 0.5) is 0 Å². The van der Waals surface area contributed by atoms with E-state index < -0.39 is 0 Å². The zero-order valence-electron chi connectivity index (χ0n) is 33.2. The molecule has 0 atom stereocenters. The molecule has 0 spiro atoms. The van der Waals surface area contributed by atoms with E-state index in [9.17, 15) is 0 Å². The lowest BCUT2D eigenvalue weighted by Crippen LogP contribution is -2.14. The van der Waals surface area contributed by atoms with Crippen molar-refractivity contribution in [3.63, 3.8) is 0 Å². The molecular weight excluding hydrogens is 701 g/mol. The first kappa shape index (κ1) is 34.4. The van der Waals surface area contributed by atoms with E-state index in [4.69, 9.17) is 9.97 Å². The van der Waals surface area contributed by atoms with E-state index in [0.29, 0.717) is 0 Å². The normalized spacial score (nSPS) is 14.1. The van der Waals surface area contributed by atoms with Gasteiger partial charge in [0.1, 0.15) is 0 Å². The molecule has 1 heterocycles. The summed E-state index contributed by atoms with van der Waals surface area (Å²) in [6.07, 6.45) is 0. The summed E-state index contributed by atoms with van der Waals surface area (Å²) in [5, 5.41) is 2.52. The van der Waals surface area contributed by atoms with E-state index in [1.165, 1.54) is 77.5 Å². The van der Waals surface area contributed by atoms with Gasteiger partial charge in [0.05, 0.1) is 11.4 Å². The summed E-state index contributed by atoms with van der Waals surface area (Å²) < 4.78 is 0. The fraction of sp³-hybridized carbons (Fsp3) is 0.107. The first-order valence-electron chi connectivity index (χ1n) is 20.3. The number of rotatable bonds is 5. The van der Waals surface area contributed by atoms with Crippen LogP contribution in [0.25, 0.3) is 89.2 Å². The summed E-state index contributed by atoms with van der Waals surface area (Å²) in [6, 6.07) is 66.2. The van der Waals surface area contributed by atoms with E-state index in [1.807, 2.05) is 6.07 Å². The topological polar surface area (TPSA) is 25.8 Å². The van der Waals surface area contributed by atoms with Gasteiger partial charge in [-0.3, -0.25) is 0 Å². The average molecular weight is 743 g/mol. The molecule has 2 nitrogen and oxygen atoms in total. The molecule has 0 saturated carbocycles. The summed E-state index contributed by atoms with van der Waals surface area (Å²) in [6.45, 7) is 9.39. The quantitative estimate of drug-likeness (QED) is 0.175. The maximum absolute atomic E-state index is 5.31. The number of benzene rings is 8. The molecule has 8 aromatic carbocycles. The van der Waals surface area contributed by atoms with Gasteiger partial charge in [0, 0.05) is 27.5 Å². The smallest absolute Gasteiger partial charge is 0.160 e. The highest BCUT2D eigenvalue weighted by Crippen LogP contribution is 2.54. The minimum Gasteiger partial charge on any atom is -0.228 e. The summed E-state index contributed by atoms with van der Waals surface area (Å²) in [5.41, 5.74) is 20.4. The Bertz CT molecular complexity index is 3100. The van der Waals surface area contributed by atoms with Gasteiger partial charge in [-0.05, 0) is 95.7 Å². The summed E-state index contributed by atoms with van der Waals surface area (Å²) in [5.74, 6) is 0.720. The number of fused-ring (bicyclic) bond motifs is 7. The molecule has 0 amide bonds. The second-order valence-corrected chi connectivity index (χ2v) is 16.9. The van der Waals surface area contributed by atoms with Crippen molar-refractivity contribution in [1.82, 2.24) is 9.97 Å². The molecule has 0 fully saturated rings. The van der Waals surface area contributed by atoms with Crippen LogP contribution < -0.4 is 0 Å². The van der Waals surface area contributed by atoms with Crippen molar-refractivity contribution in [2.24, 2.45) is 0 Å². The van der Waals surface area contributed by atoms with Crippen LogP contribution in [0.3, 0.4) is 0 Å². The molecule has 58 heavy (non-hydrogen) atoms. The first-order valence-corrected chi connectivity index (χ1v) is 20.3. The van der Waals surface area contributed by atoms with E-state index in [0.717, 1.165) is 33.9 Å². The molecule has 0 saturated heterocycles. The monoisotopic (exact) mass is 742 g/mol. The van der Waals surface area contributed by atoms with Gasteiger partial charge in [-0.15, -0.1) is 0 Å². The maximum Gasteiger partial charge on any atom is 0.160 e. The summed E-state index contributed by atoms with van der Waals surface area (Å²) in [4.78, 5) is 10.6. The molecule has 0 N–H and O–H groups in total. The van der Waals surface area contributed by atoms with Crippen LogP contribution in [0.5, 0.6) is 0 Å². The van der Waals surface area contributed by atoms with Crippen LogP contribution in [-0.4, -0.2) is 9.97 Å². The molecule has 11 rings (SSSR count). The second kappa shape index (κ2) is 12.8. The maximum atomic E-state index is 5.31. The van der Waals surface area contributed by atoms with Gasteiger partial charge < -0.3 is 0 Å². The van der Waals surface area contributed by atoms with Crippen molar-refractivity contribution in [3.05, 3.63) is 204 Å². The van der Waals surface area contributed by atoms with Crippen molar-refractivity contribution in [2.45, 2.75) is 38.5 Å². The summed E-state index contributed by atoms with van der Waals surface area (Å²) in [7, 11) is 0. The van der Waals surface area contributed by atoms with Gasteiger partial charge in [0.25, 0.3) is 0 Å². The van der Waals surface area contributed by atoms with Crippen molar-refractivity contribution >= 4 is 10.8 Å². The highest BCUT2D eigenvalue weighted by Gasteiger charge is 2.38. The molecule has 9 aromatic rings. The van der Waals surface area contributed by atoms with Crippen LogP contribution in [0, 0.1) is 0 Å². The van der Waals surface area contributed by atoms with Crippen LogP contribution in [0.1, 0.15) is 49.9 Å². The van der Waals surface area contributed by atoms with Crippen LogP contribution >= 0.6 is 0 Å². The van der Waals surface area contributed by atoms with Crippen LogP contribution in [0.2, 0.25) is 0 Å². The van der Waals surface area contributed by atoms with Crippen molar-refractivity contribution in [3.8, 4) is 78.4 Å². The Morgan fingerprint density at radius 3 is 1.57 bits per heavy atom. The summed E-state index contributed by atoms with van der Waals surface area (Å²) >= 11 is 0. The SMILES string of the molecule is CC1(C)c2cc3ccccc3cc2-c2c(-c3cc(-c4ccc(-c5ccccc5-c5cccc6c5-c5ccccc5C6(C)C)cc4)nc(-c4ccccc4)n3)cccc21. The van der Waals surface area contributed by atoms with Crippen molar-refractivity contribution in [2.75, 3.05) is 0 Å². The van der Waals surface area contributed by atoms with Gasteiger partial charge >= 0.3 is 0 Å². The van der Waals surface area contributed by atoms with E-state index in [2.05, 4.69) is 204 Å². The lowest BCUT2D eigenvalue weighted by atomic mass is 9.81. The molecule has 0 aliphatic heterocycles. The minimum atomic E-state index is -0.144. The lowest BCUT2D eigenvalue weighted by Gasteiger charge is -2.22. The standard InChI is InChI=1S/C56H42N2/c1-55(2)46-25-13-12-22-43(46)52-42(23-14-26-47(52)55)41-21-11-10-20-40(41)35-28-30-36(31-29-35)50-34-51(58-54(57-50)37-16-6-5-7-17-37)44-24-15-27-48-53(44)45-32-38-18-8-9-19-39(38)33-49(45)56(48,3)4/h5-34H,1-4H3. The zero-order valence-corrected chi connectivity index (χ0v) is 33.2. The van der Waals surface area contributed by atoms with Crippen molar-refractivity contribution in [1.29, 1.82) is 0 Å². The largest absolute Gasteiger partial charge is 0.228 e. The average Bonchev–Trinajstić information content (AvgIpc) is 3.65. The number of hydrogen-bond acceptors (Lipinski definition) is 2. The molecule has 2 heteroatoms. The van der Waals surface area contributed by atoms with Gasteiger partial charge in [0.15, 0.2) is 5.82 Å². The molecule has 276 valence electrons. The molecule has 0 bridgehead atoms. The van der Waals surface area contributed by atoms with Gasteiger partial charge in [0.2, 0.25) is 0 Å². The van der Waals surface area contributed by atoms with E-state index in [-0.39, 0.29) is 10.8 Å². The van der Waals surface area contributed by atoms with Gasteiger partial charge in [-0.25, -0.2) is 9.97 Å².